The van der Waals surface area contributed by atoms with Crippen LogP contribution in [0.4, 0.5) is 0 Å². The first-order valence-corrected chi connectivity index (χ1v) is 9.54. The quantitative estimate of drug-likeness (QED) is 0.541. The predicted molar refractivity (Wildman–Crippen MR) is 96.9 cm³/mol. The number of rotatable bonds is 2. The van der Waals surface area contributed by atoms with E-state index < -0.39 is 0 Å². The number of alkyl halides is 1. The number of thiophene rings is 1. The first kappa shape index (κ1) is 15.3. The van der Waals surface area contributed by atoms with Crippen molar-refractivity contribution in [2.75, 3.05) is 0 Å². The summed E-state index contributed by atoms with van der Waals surface area (Å²) in [5, 5.41) is 0. The number of fused-ring (bicyclic) bond motifs is 1. The highest BCUT2D eigenvalue weighted by Gasteiger charge is 2.19. The van der Waals surface area contributed by atoms with E-state index in [1.165, 1.54) is 41.7 Å². The average Bonchev–Trinajstić information content (AvgIpc) is 2.89. The van der Waals surface area contributed by atoms with Crippen LogP contribution in [0.3, 0.4) is 0 Å². The molecule has 112 valence electrons. The molecular formula is C19H23BrS. The Bertz CT molecular complexity index is 593. The normalized spacial score (nSPS) is 16.6. The van der Waals surface area contributed by atoms with Crippen molar-refractivity contribution < 1.29 is 0 Å². The summed E-state index contributed by atoms with van der Waals surface area (Å²) >= 11 is 5.91. The minimum absolute atomic E-state index is 0.225. The maximum Gasteiger partial charge on any atom is 0.0738 e. The zero-order valence-electron chi connectivity index (χ0n) is 13.1. The Hall–Kier alpha value is -0.600. The second-order valence-electron chi connectivity index (χ2n) is 7.04. The standard InChI is InChI=1S/C19H23BrS/c1-19(2,3)15-10-8-13(9-11-15)18(20)17-12-14-6-4-5-7-16(14)21-17/h8-12,18H,4-7H2,1-3H3. The third kappa shape index (κ3) is 3.27. The van der Waals surface area contributed by atoms with E-state index in [1.807, 2.05) is 11.3 Å². The van der Waals surface area contributed by atoms with Crippen molar-refractivity contribution in [3.05, 3.63) is 56.8 Å². The van der Waals surface area contributed by atoms with Crippen molar-refractivity contribution in [1.82, 2.24) is 0 Å². The van der Waals surface area contributed by atoms with Gasteiger partial charge in [0, 0.05) is 9.75 Å². The van der Waals surface area contributed by atoms with Gasteiger partial charge >= 0.3 is 0 Å². The monoisotopic (exact) mass is 362 g/mol. The minimum atomic E-state index is 0.225. The fourth-order valence-corrected chi connectivity index (χ4v) is 4.94. The van der Waals surface area contributed by atoms with Crippen molar-refractivity contribution in [2.24, 2.45) is 0 Å². The SMILES string of the molecule is CC(C)(C)c1ccc(C(Br)c2cc3c(s2)CCCC3)cc1. The van der Waals surface area contributed by atoms with Crippen LogP contribution in [0.25, 0.3) is 0 Å². The van der Waals surface area contributed by atoms with Gasteiger partial charge in [0.1, 0.15) is 0 Å². The lowest BCUT2D eigenvalue weighted by Gasteiger charge is -2.19. The molecule has 0 aliphatic heterocycles. The zero-order chi connectivity index (χ0) is 15.0. The maximum atomic E-state index is 3.91. The summed E-state index contributed by atoms with van der Waals surface area (Å²) in [4.78, 5) is 3.42. The molecular weight excluding hydrogens is 340 g/mol. The molecule has 1 aromatic carbocycles. The fourth-order valence-electron chi connectivity index (χ4n) is 2.95. The van der Waals surface area contributed by atoms with E-state index in [9.17, 15) is 0 Å². The molecule has 3 rings (SSSR count). The molecule has 2 heteroatoms. The Morgan fingerprint density at radius 1 is 1.05 bits per heavy atom. The summed E-state index contributed by atoms with van der Waals surface area (Å²) in [6, 6.07) is 11.5. The maximum absolute atomic E-state index is 3.91. The van der Waals surface area contributed by atoms with Gasteiger partial charge in [-0.3, -0.25) is 0 Å². The molecule has 1 atom stereocenters. The molecule has 0 radical (unpaired) electrons. The molecule has 0 spiro atoms. The number of halogens is 1. The van der Waals surface area contributed by atoms with Gasteiger partial charge in [0.25, 0.3) is 0 Å². The minimum Gasteiger partial charge on any atom is -0.144 e. The van der Waals surface area contributed by atoms with Crippen LogP contribution in [-0.4, -0.2) is 0 Å². The first-order chi connectivity index (χ1) is 9.95. The smallest absolute Gasteiger partial charge is 0.0738 e. The molecule has 0 N–H and O–H groups in total. The van der Waals surface area contributed by atoms with Crippen molar-refractivity contribution in [1.29, 1.82) is 0 Å². The van der Waals surface area contributed by atoms with Gasteiger partial charge in [-0.2, -0.15) is 0 Å². The second kappa shape index (κ2) is 5.89. The molecule has 2 aromatic rings. The van der Waals surface area contributed by atoms with E-state index in [1.54, 1.807) is 10.4 Å². The summed E-state index contributed by atoms with van der Waals surface area (Å²) in [6.07, 6.45) is 5.27. The van der Waals surface area contributed by atoms with E-state index in [-0.39, 0.29) is 5.41 Å². The molecule has 1 unspecified atom stereocenters. The Balaban J connectivity index is 1.84. The molecule has 1 aliphatic carbocycles. The van der Waals surface area contributed by atoms with Crippen LogP contribution in [0.1, 0.15) is 64.9 Å². The highest BCUT2D eigenvalue weighted by atomic mass is 79.9. The average molecular weight is 363 g/mol. The molecule has 0 saturated heterocycles. The molecule has 1 heterocycles. The molecule has 0 saturated carbocycles. The van der Waals surface area contributed by atoms with Crippen LogP contribution < -0.4 is 0 Å². The Labute approximate surface area is 140 Å². The van der Waals surface area contributed by atoms with Crippen molar-refractivity contribution in [3.8, 4) is 0 Å². The molecule has 0 fully saturated rings. The zero-order valence-corrected chi connectivity index (χ0v) is 15.5. The van der Waals surface area contributed by atoms with Gasteiger partial charge in [-0.15, -0.1) is 11.3 Å². The lowest BCUT2D eigenvalue weighted by atomic mass is 9.86. The predicted octanol–water partition coefficient (Wildman–Crippen LogP) is 6.41. The van der Waals surface area contributed by atoms with E-state index in [4.69, 9.17) is 0 Å². The third-order valence-corrected chi connectivity index (χ3v) is 6.96. The summed E-state index contributed by atoms with van der Waals surface area (Å²) in [6.45, 7) is 6.79. The van der Waals surface area contributed by atoms with Crippen molar-refractivity contribution in [2.45, 2.75) is 56.7 Å². The molecule has 0 bridgehead atoms. The van der Waals surface area contributed by atoms with Gasteiger partial charge in [0.05, 0.1) is 4.83 Å². The molecule has 21 heavy (non-hydrogen) atoms. The molecule has 0 nitrogen and oxygen atoms in total. The fraction of sp³-hybridized carbons (Fsp3) is 0.474. The van der Waals surface area contributed by atoms with Crippen LogP contribution in [0.5, 0.6) is 0 Å². The lowest BCUT2D eigenvalue weighted by molar-refractivity contribution is 0.590. The van der Waals surface area contributed by atoms with Gasteiger partial charge in [-0.1, -0.05) is 61.0 Å². The Morgan fingerprint density at radius 2 is 1.71 bits per heavy atom. The van der Waals surface area contributed by atoms with Crippen LogP contribution in [0, 0.1) is 0 Å². The van der Waals surface area contributed by atoms with Gasteiger partial charge in [0.2, 0.25) is 0 Å². The first-order valence-electron chi connectivity index (χ1n) is 7.81. The lowest BCUT2D eigenvalue weighted by Crippen LogP contribution is -2.10. The summed E-state index contributed by atoms with van der Waals surface area (Å²) < 4.78 is 0. The van der Waals surface area contributed by atoms with Gasteiger partial charge < -0.3 is 0 Å². The highest BCUT2D eigenvalue weighted by molar-refractivity contribution is 9.09. The largest absolute Gasteiger partial charge is 0.144 e. The van der Waals surface area contributed by atoms with E-state index in [0.29, 0.717) is 4.83 Å². The van der Waals surface area contributed by atoms with E-state index in [2.05, 4.69) is 67.0 Å². The second-order valence-corrected chi connectivity index (χ2v) is 9.12. The number of aryl methyl sites for hydroxylation is 2. The van der Waals surface area contributed by atoms with Gasteiger partial charge in [0.15, 0.2) is 0 Å². The highest BCUT2D eigenvalue weighted by Crippen LogP contribution is 2.39. The topological polar surface area (TPSA) is 0 Å². The summed E-state index contributed by atoms with van der Waals surface area (Å²) in [5.41, 5.74) is 4.58. The van der Waals surface area contributed by atoms with Crippen LogP contribution in [-0.2, 0) is 18.3 Å². The Kier molecular flexibility index (Phi) is 4.29. The number of hydrogen-bond donors (Lipinski definition) is 0. The van der Waals surface area contributed by atoms with Crippen LogP contribution in [0.2, 0.25) is 0 Å². The van der Waals surface area contributed by atoms with E-state index >= 15 is 0 Å². The van der Waals surface area contributed by atoms with Gasteiger partial charge in [-0.25, -0.2) is 0 Å². The number of hydrogen-bond acceptors (Lipinski definition) is 1. The molecule has 1 aromatic heterocycles. The van der Waals surface area contributed by atoms with E-state index in [0.717, 1.165) is 0 Å². The van der Waals surface area contributed by atoms with Crippen molar-refractivity contribution in [3.63, 3.8) is 0 Å². The number of benzene rings is 1. The molecule has 1 aliphatic rings. The summed E-state index contributed by atoms with van der Waals surface area (Å²) in [5.74, 6) is 0. The third-order valence-electron chi connectivity index (χ3n) is 4.33. The van der Waals surface area contributed by atoms with Crippen LogP contribution >= 0.6 is 27.3 Å². The molecule has 0 amide bonds. The Morgan fingerprint density at radius 3 is 2.33 bits per heavy atom. The van der Waals surface area contributed by atoms with Crippen LogP contribution in [0.15, 0.2) is 30.3 Å². The van der Waals surface area contributed by atoms with Crippen molar-refractivity contribution >= 4 is 27.3 Å². The van der Waals surface area contributed by atoms with Gasteiger partial charge in [-0.05, 0) is 53.9 Å². The summed E-state index contributed by atoms with van der Waals surface area (Å²) in [7, 11) is 0.